The molecule has 0 aliphatic rings. The Morgan fingerprint density at radius 1 is 0.297 bits per heavy atom. The highest BCUT2D eigenvalue weighted by Gasteiger charge is 2.25. The third-order valence-electron chi connectivity index (χ3n) is 18.4. The molecule has 0 radical (unpaired) electrons. The number of quaternary nitrogens is 1. The van der Waals surface area contributed by atoms with Crippen LogP contribution in [0.3, 0.4) is 0 Å². The zero-order valence-corrected chi connectivity index (χ0v) is 66.5. The molecular weight excluding hydrogens is 1250 g/mol. The standard InChI is InChI=1S/C92H159NO8/c1-6-8-10-12-14-16-18-20-22-24-26-28-30-32-34-36-38-40-42-44-45-47-48-50-52-54-56-58-60-62-64-66-68-70-72-74-76-78-80-82-89(94)99-86-88(87-100-92(91(96)97)98-85-84-93(3,4)5)101-90(95)83-81-79-77-75-73-71-69-67-65-63-61-59-57-55-53-51-49-46-43-41-39-37-35-33-31-29-27-25-23-21-19-17-15-13-11-9-7-2/h8-11,14-17,20-23,26-29,32-35,39,41,88,92H,6-7,12-13,18-19,24-25,30-31,36-38,40,42-87H2,1-5H3/p+1/b10-8-,11-9-,16-14-,17-15-,22-20-,23-21-,28-26-,29-27-,34-32-,35-33-,41-39-. The lowest BCUT2D eigenvalue weighted by Gasteiger charge is -2.25. The normalized spacial score (nSPS) is 13.3. The molecule has 580 valence electrons. The zero-order valence-electron chi connectivity index (χ0n) is 66.5. The lowest BCUT2D eigenvalue weighted by molar-refractivity contribution is -0.870. The first kappa shape index (κ1) is 96.4. The van der Waals surface area contributed by atoms with E-state index < -0.39 is 18.4 Å². The molecule has 0 aliphatic heterocycles. The first-order chi connectivity index (χ1) is 49.6. The number of nitrogens with zero attached hydrogens (tertiary/aromatic N) is 1. The Bertz CT molecular complexity index is 2130. The van der Waals surface area contributed by atoms with E-state index in [9.17, 15) is 19.5 Å². The van der Waals surface area contributed by atoms with Crippen LogP contribution in [0.4, 0.5) is 0 Å². The van der Waals surface area contributed by atoms with Gasteiger partial charge in [-0.2, -0.15) is 0 Å². The second-order valence-corrected chi connectivity index (χ2v) is 29.4. The molecule has 101 heavy (non-hydrogen) atoms. The van der Waals surface area contributed by atoms with Gasteiger partial charge < -0.3 is 28.5 Å². The summed E-state index contributed by atoms with van der Waals surface area (Å²) in [6, 6.07) is 0. The molecule has 0 aromatic rings. The average molecular weight is 1410 g/mol. The van der Waals surface area contributed by atoms with Gasteiger partial charge in [0, 0.05) is 12.8 Å². The van der Waals surface area contributed by atoms with Gasteiger partial charge in [0.25, 0.3) is 6.29 Å². The molecule has 0 amide bonds. The van der Waals surface area contributed by atoms with Gasteiger partial charge in [-0.25, -0.2) is 4.79 Å². The van der Waals surface area contributed by atoms with Crippen molar-refractivity contribution < 1.29 is 42.9 Å². The molecule has 0 spiro atoms. The number of allylic oxidation sites excluding steroid dienone is 22. The van der Waals surface area contributed by atoms with Crippen LogP contribution in [0.25, 0.3) is 0 Å². The Kier molecular flexibility index (Phi) is 77.4. The number of unbranched alkanes of at least 4 members (excludes halogenated alkanes) is 41. The van der Waals surface area contributed by atoms with Gasteiger partial charge in [-0.1, -0.05) is 385 Å². The smallest absolute Gasteiger partial charge is 0.361 e. The monoisotopic (exact) mass is 1410 g/mol. The molecule has 0 saturated carbocycles. The van der Waals surface area contributed by atoms with Crippen molar-refractivity contribution in [1.29, 1.82) is 0 Å². The molecule has 9 nitrogen and oxygen atoms in total. The van der Waals surface area contributed by atoms with Crippen LogP contribution in [0.2, 0.25) is 0 Å². The van der Waals surface area contributed by atoms with Gasteiger partial charge in [0.1, 0.15) is 13.2 Å². The second kappa shape index (κ2) is 81.1. The molecule has 0 aliphatic carbocycles. The van der Waals surface area contributed by atoms with E-state index in [0.29, 0.717) is 17.4 Å². The average Bonchev–Trinajstić information content (AvgIpc) is 1.25. The summed E-state index contributed by atoms with van der Waals surface area (Å²) >= 11 is 0. The molecular formula is C92H160NO8+. The predicted molar refractivity (Wildman–Crippen MR) is 438 cm³/mol. The van der Waals surface area contributed by atoms with E-state index in [1.807, 2.05) is 21.1 Å². The summed E-state index contributed by atoms with van der Waals surface area (Å²) in [5.74, 6) is -1.99. The molecule has 0 aromatic carbocycles. The van der Waals surface area contributed by atoms with Crippen molar-refractivity contribution in [2.75, 3.05) is 47.5 Å². The van der Waals surface area contributed by atoms with E-state index in [1.54, 1.807) is 0 Å². The fourth-order valence-corrected chi connectivity index (χ4v) is 12.1. The van der Waals surface area contributed by atoms with E-state index in [0.717, 1.165) is 109 Å². The van der Waals surface area contributed by atoms with Crippen molar-refractivity contribution in [2.45, 2.75) is 386 Å². The molecule has 0 heterocycles. The molecule has 9 heteroatoms. The van der Waals surface area contributed by atoms with E-state index in [2.05, 4.69) is 148 Å². The summed E-state index contributed by atoms with van der Waals surface area (Å²) in [4.78, 5) is 37.8. The number of carbonyl (C=O) groups is 3. The van der Waals surface area contributed by atoms with Crippen LogP contribution in [-0.2, 0) is 33.3 Å². The number of ether oxygens (including phenoxy) is 4. The number of carbonyl (C=O) groups excluding carboxylic acids is 2. The van der Waals surface area contributed by atoms with Crippen molar-refractivity contribution >= 4 is 17.9 Å². The van der Waals surface area contributed by atoms with E-state index in [1.165, 1.54) is 238 Å². The summed E-state index contributed by atoms with van der Waals surface area (Å²) < 4.78 is 23.1. The fourth-order valence-electron chi connectivity index (χ4n) is 12.1. The summed E-state index contributed by atoms with van der Waals surface area (Å²) in [7, 11) is 5.99. The number of rotatable bonds is 78. The van der Waals surface area contributed by atoms with Gasteiger partial charge in [-0.05, 0) is 109 Å². The summed E-state index contributed by atoms with van der Waals surface area (Å²) in [6.07, 6.45) is 115. The highest BCUT2D eigenvalue weighted by atomic mass is 16.7. The Balaban J connectivity index is 3.97. The molecule has 2 atom stereocenters. The maximum atomic E-state index is 13.0. The number of esters is 2. The van der Waals surface area contributed by atoms with Crippen molar-refractivity contribution in [3.63, 3.8) is 0 Å². The molecule has 2 unspecified atom stereocenters. The van der Waals surface area contributed by atoms with E-state index in [4.69, 9.17) is 18.9 Å². The second-order valence-electron chi connectivity index (χ2n) is 29.4. The molecule has 0 aromatic heterocycles. The largest absolute Gasteiger partial charge is 0.477 e. The first-order valence-electron chi connectivity index (χ1n) is 42.3. The maximum Gasteiger partial charge on any atom is 0.361 e. The summed E-state index contributed by atoms with van der Waals surface area (Å²) in [6.45, 7) is 4.69. The SMILES string of the molecule is CC/C=C\C/C=C\C/C=C\C/C=C\C/C=C\C/C=C\CCCCCCCCCCCCCCCCCCCCC(=O)OC(COC(=O)CCCCCCCCCCCCCCCCCCCCCCCCC/C=C\C/C=C\C/C=C\C/C=C\C/C=C\CC)COC(OCC[N+](C)(C)C)C(=O)O. The molecule has 0 bridgehead atoms. The number of carboxylic acids is 1. The number of carboxylic acid groups (broad SMARTS) is 1. The summed E-state index contributed by atoms with van der Waals surface area (Å²) in [5.41, 5.74) is 0. The fraction of sp³-hybridized carbons (Fsp3) is 0.728. The van der Waals surface area contributed by atoms with Crippen molar-refractivity contribution in [2.24, 2.45) is 0 Å². The lowest BCUT2D eigenvalue weighted by atomic mass is 10.0. The Morgan fingerprint density at radius 3 is 0.792 bits per heavy atom. The van der Waals surface area contributed by atoms with Crippen LogP contribution in [0.15, 0.2) is 134 Å². The van der Waals surface area contributed by atoms with Gasteiger partial charge in [0.15, 0.2) is 6.10 Å². The van der Waals surface area contributed by atoms with Crippen LogP contribution in [-0.4, -0.2) is 87.4 Å². The Hall–Kier alpha value is -4.57. The van der Waals surface area contributed by atoms with Crippen LogP contribution >= 0.6 is 0 Å². The lowest BCUT2D eigenvalue weighted by Crippen LogP contribution is -2.40. The van der Waals surface area contributed by atoms with Gasteiger partial charge in [0.2, 0.25) is 0 Å². The first-order valence-corrected chi connectivity index (χ1v) is 42.3. The molecule has 0 rings (SSSR count). The van der Waals surface area contributed by atoms with Crippen LogP contribution in [0, 0.1) is 0 Å². The Morgan fingerprint density at radius 2 is 0.535 bits per heavy atom. The highest BCUT2D eigenvalue weighted by molar-refractivity contribution is 5.71. The van der Waals surface area contributed by atoms with Crippen LogP contribution < -0.4 is 0 Å². The minimum atomic E-state index is -1.51. The highest BCUT2D eigenvalue weighted by Crippen LogP contribution is 2.19. The van der Waals surface area contributed by atoms with Gasteiger partial charge in [0.05, 0.1) is 34.4 Å². The quantitative estimate of drug-likeness (QED) is 0.0211. The number of hydrogen-bond donors (Lipinski definition) is 1. The molecule has 0 fully saturated rings. The van der Waals surface area contributed by atoms with Gasteiger partial charge in [-0.3, -0.25) is 9.59 Å². The van der Waals surface area contributed by atoms with Gasteiger partial charge in [-0.15, -0.1) is 0 Å². The zero-order chi connectivity index (χ0) is 73.2. The predicted octanol–water partition coefficient (Wildman–Crippen LogP) is 27.6. The van der Waals surface area contributed by atoms with Crippen molar-refractivity contribution in [3.8, 4) is 0 Å². The van der Waals surface area contributed by atoms with Crippen LogP contribution in [0.1, 0.15) is 373 Å². The Labute approximate surface area is 624 Å². The van der Waals surface area contributed by atoms with Crippen molar-refractivity contribution in [1.82, 2.24) is 0 Å². The molecule has 1 N–H and O–H groups in total. The van der Waals surface area contributed by atoms with E-state index >= 15 is 0 Å². The van der Waals surface area contributed by atoms with E-state index in [-0.39, 0.29) is 38.2 Å². The number of aliphatic carboxylic acids is 1. The number of hydrogen-bond acceptors (Lipinski definition) is 7. The van der Waals surface area contributed by atoms with Gasteiger partial charge >= 0.3 is 17.9 Å². The van der Waals surface area contributed by atoms with Crippen molar-refractivity contribution in [3.05, 3.63) is 134 Å². The third-order valence-corrected chi connectivity index (χ3v) is 18.4. The third kappa shape index (κ3) is 82.6. The summed E-state index contributed by atoms with van der Waals surface area (Å²) in [5, 5.41) is 9.79. The minimum Gasteiger partial charge on any atom is -0.477 e. The minimum absolute atomic E-state index is 0.181. The van der Waals surface area contributed by atoms with Crippen LogP contribution in [0.5, 0.6) is 0 Å². The number of likely N-dealkylation sites (N-methyl/N-ethyl adjacent to an activating group) is 1. The molecule has 0 saturated heterocycles. The maximum absolute atomic E-state index is 13.0. The topological polar surface area (TPSA) is 108 Å².